The smallest absolute Gasteiger partial charge is 0.0650 e. The van der Waals surface area contributed by atoms with Crippen LogP contribution >= 0.6 is 0 Å². The Morgan fingerprint density at radius 1 is 1.15 bits per heavy atom. The van der Waals surface area contributed by atoms with Gasteiger partial charge >= 0.3 is 0 Å². The highest BCUT2D eigenvalue weighted by Gasteiger charge is 2.23. The molecule has 5 heteroatoms. The van der Waals surface area contributed by atoms with Crippen LogP contribution in [-0.2, 0) is 6.54 Å². The Hall–Kier alpha value is -2.40. The van der Waals surface area contributed by atoms with E-state index in [1.165, 1.54) is 35.6 Å². The predicted octanol–water partition coefficient (Wildman–Crippen LogP) is 4.10. The van der Waals surface area contributed by atoms with E-state index in [4.69, 9.17) is 0 Å². The van der Waals surface area contributed by atoms with Gasteiger partial charge in [0, 0.05) is 48.1 Å². The molecule has 0 spiro atoms. The van der Waals surface area contributed by atoms with Crippen molar-refractivity contribution in [1.29, 1.82) is 0 Å². The van der Waals surface area contributed by atoms with Gasteiger partial charge in [0.2, 0.25) is 0 Å². The van der Waals surface area contributed by atoms with E-state index in [1.54, 1.807) is 0 Å². The van der Waals surface area contributed by atoms with Crippen LogP contribution in [0.25, 0.3) is 5.69 Å². The maximum absolute atomic E-state index is 4.47. The van der Waals surface area contributed by atoms with E-state index in [1.807, 2.05) is 12.4 Å². The highest BCUT2D eigenvalue weighted by Crippen LogP contribution is 2.29. The summed E-state index contributed by atoms with van der Waals surface area (Å²) in [6.07, 6.45) is 8.21. The minimum absolute atomic E-state index is 0.487. The summed E-state index contributed by atoms with van der Waals surface area (Å²) in [4.78, 5) is 6.68. The van der Waals surface area contributed by atoms with Crippen LogP contribution in [0.5, 0.6) is 0 Å². The van der Waals surface area contributed by atoms with Gasteiger partial charge in [0.1, 0.15) is 0 Å². The van der Waals surface area contributed by atoms with Crippen molar-refractivity contribution in [3.05, 3.63) is 66.0 Å². The van der Waals surface area contributed by atoms with Gasteiger partial charge < -0.3 is 4.57 Å². The molecule has 5 nitrogen and oxygen atoms in total. The molecule has 1 fully saturated rings. The summed E-state index contributed by atoms with van der Waals surface area (Å²) in [7, 11) is 0. The first-order chi connectivity index (χ1) is 12.7. The minimum Gasteiger partial charge on any atom is -0.319 e. The molecule has 0 radical (unpaired) electrons. The summed E-state index contributed by atoms with van der Waals surface area (Å²) in [6, 6.07) is 10.7. The minimum atomic E-state index is 0.487. The first-order valence-corrected chi connectivity index (χ1v) is 9.55. The third kappa shape index (κ3) is 3.58. The van der Waals surface area contributed by atoms with Crippen LogP contribution in [-0.4, -0.2) is 37.7 Å². The Kier molecular flexibility index (Phi) is 4.89. The van der Waals surface area contributed by atoms with Crippen LogP contribution in [0.4, 0.5) is 0 Å². The molecule has 4 rings (SSSR count). The van der Waals surface area contributed by atoms with Crippen LogP contribution in [0.2, 0.25) is 0 Å². The average Bonchev–Trinajstić information content (AvgIpc) is 3.33. The molecule has 3 aromatic rings. The Labute approximate surface area is 155 Å². The van der Waals surface area contributed by atoms with Gasteiger partial charge in [-0.05, 0) is 62.2 Å². The number of likely N-dealkylation sites (tertiary alicyclic amines) is 1. The van der Waals surface area contributed by atoms with Gasteiger partial charge in [0.25, 0.3) is 0 Å². The lowest BCUT2D eigenvalue weighted by molar-refractivity contribution is 0.200. The largest absolute Gasteiger partial charge is 0.319 e. The zero-order valence-electron chi connectivity index (χ0n) is 15.6. The van der Waals surface area contributed by atoms with Crippen LogP contribution < -0.4 is 0 Å². The Balaban J connectivity index is 1.38. The lowest BCUT2D eigenvalue weighted by Crippen LogP contribution is -2.33. The van der Waals surface area contributed by atoms with E-state index in [0.29, 0.717) is 11.8 Å². The topological polar surface area (TPSA) is 49.7 Å². The SMILES string of the molecule is CC(C)c1cc(C2CCN(Cc3cccn3-c3ccncc3)CC2)[nH]n1. The predicted molar refractivity (Wildman–Crippen MR) is 103 cm³/mol. The summed E-state index contributed by atoms with van der Waals surface area (Å²) in [6.45, 7) is 7.63. The van der Waals surface area contributed by atoms with Crippen molar-refractivity contribution in [1.82, 2.24) is 24.6 Å². The molecule has 3 aromatic heterocycles. The van der Waals surface area contributed by atoms with Crippen molar-refractivity contribution < 1.29 is 0 Å². The normalized spacial score (nSPS) is 16.4. The van der Waals surface area contributed by atoms with Gasteiger partial charge in [-0.1, -0.05) is 13.8 Å². The van der Waals surface area contributed by atoms with Crippen molar-refractivity contribution in [2.45, 2.75) is 45.1 Å². The fraction of sp³-hybridized carbons (Fsp3) is 0.429. The Morgan fingerprint density at radius 3 is 2.62 bits per heavy atom. The second kappa shape index (κ2) is 7.46. The van der Waals surface area contributed by atoms with E-state index in [0.717, 1.165) is 19.6 Å². The van der Waals surface area contributed by atoms with Crippen molar-refractivity contribution in [2.24, 2.45) is 0 Å². The van der Waals surface area contributed by atoms with Crippen LogP contribution in [0.15, 0.2) is 48.9 Å². The molecule has 0 aliphatic carbocycles. The second-order valence-corrected chi connectivity index (χ2v) is 7.53. The lowest BCUT2D eigenvalue weighted by atomic mass is 9.93. The molecule has 0 bridgehead atoms. The van der Waals surface area contributed by atoms with Crippen molar-refractivity contribution >= 4 is 0 Å². The second-order valence-electron chi connectivity index (χ2n) is 7.53. The van der Waals surface area contributed by atoms with Gasteiger partial charge in [0.15, 0.2) is 0 Å². The number of nitrogens with zero attached hydrogens (tertiary/aromatic N) is 4. The van der Waals surface area contributed by atoms with Crippen molar-refractivity contribution in [3.8, 4) is 5.69 Å². The van der Waals surface area contributed by atoms with E-state index in [-0.39, 0.29) is 0 Å². The molecule has 1 N–H and O–H groups in total. The first-order valence-electron chi connectivity index (χ1n) is 9.55. The molecular weight excluding hydrogens is 322 g/mol. The zero-order chi connectivity index (χ0) is 17.9. The van der Waals surface area contributed by atoms with Crippen molar-refractivity contribution in [2.75, 3.05) is 13.1 Å². The number of rotatable bonds is 5. The quantitative estimate of drug-likeness (QED) is 0.754. The van der Waals surface area contributed by atoms with E-state index < -0.39 is 0 Å². The van der Waals surface area contributed by atoms with Gasteiger partial charge in [-0.25, -0.2) is 0 Å². The highest BCUT2D eigenvalue weighted by molar-refractivity contribution is 5.33. The van der Waals surface area contributed by atoms with Crippen LogP contribution in [0.1, 0.15) is 55.6 Å². The molecule has 0 unspecified atom stereocenters. The number of nitrogens with one attached hydrogen (secondary N) is 1. The summed E-state index contributed by atoms with van der Waals surface area (Å²) in [5.74, 6) is 1.10. The van der Waals surface area contributed by atoms with Gasteiger partial charge in [-0.2, -0.15) is 5.10 Å². The molecule has 1 saturated heterocycles. The standard InChI is InChI=1S/C21H27N5/c1-16(2)20-14-21(24-23-20)17-7-12-25(13-8-17)15-19-4-3-11-26(19)18-5-9-22-10-6-18/h3-6,9-11,14,16-17H,7-8,12-13,15H2,1-2H3,(H,23,24). The summed E-state index contributed by atoms with van der Waals surface area (Å²) >= 11 is 0. The van der Waals surface area contributed by atoms with E-state index in [2.05, 4.69) is 75.0 Å². The fourth-order valence-corrected chi connectivity index (χ4v) is 3.79. The number of hydrogen-bond acceptors (Lipinski definition) is 3. The number of piperidine rings is 1. The third-order valence-electron chi connectivity index (χ3n) is 5.40. The maximum Gasteiger partial charge on any atom is 0.0650 e. The molecule has 136 valence electrons. The molecule has 0 amide bonds. The summed E-state index contributed by atoms with van der Waals surface area (Å²) in [5.41, 5.74) is 5.00. The number of pyridine rings is 1. The van der Waals surface area contributed by atoms with Gasteiger partial charge in [-0.15, -0.1) is 0 Å². The molecule has 0 saturated carbocycles. The molecule has 1 aliphatic rings. The molecular formula is C21H27N5. The lowest BCUT2D eigenvalue weighted by Gasteiger charge is -2.31. The molecule has 26 heavy (non-hydrogen) atoms. The number of H-pyrrole nitrogens is 1. The number of hydrogen-bond donors (Lipinski definition) is 1. The molecule has 1 aliphatic heterocycles. The van der Waals surface area contributed by atoms with Gasteiger partial charge in [0.05, 0.1) is 5.69 Å². The first kappa shape index (κ1) is 17.0. The van der Waals surface area contributed by atoms with Gasteiger partial charge in [-0.3, -0.25) is 15.0 Å². The molecule has 0 atom stereocenters. The Morgan fingerprint density at radius 2 is 1.92 bits per heavy atom. The highest BCUT2D eigenvalue weighted by atomic mass is 15.2. The number of aromatic nitrogens is 4. The molecule has 4 heterocycles. The average molecular weight is 349 g/mol. The monoisotopic (exact) mass is 349 g/mol. The Bertz CT molecular complexity index is 825. The van der Waals surface area contributed by atoms with Crippen LogP contribution in [0.3, 0.4) is 0 Å². The number of aromatic amines is 1. The van der Waals surface area contributed by atoms with Crippen LogP contribution in [0, 0.1) is 0 Å². The third-order valence-corrected chi connectivity index (χ3v) is 5.40. The summed E-state index contributed by atoms with van der Waals surface area (Å²) < 4.78 is 2.26. The fourth-order valence-electron chi connectivity index (χ4n) is 3.79. The molecule has 0 aromatic carbocycles. The maximum atomic E-state index is 4.47. The van der Waals surface area contributed by atoms with Crippen molar-refractivity contribution in [3.63, 3.8) is 0 Å². The summed E-state index contributed by atoms with van der Waals surface area (Å²) in [5, 5.41) is 7.74. The van der Waals surface area contributed by atoms with E-state index in [9.17, 15) is 0 Å². The van der Waals surface area contributed by atoms with E-state index >= 15 is 0 Å². The zero-order valence-corrected chi connectivity index (χ0v) is 15.6.